The standard InChI is InChI=1S/C25H19F2N5O4/c1-13(20(14-8-9-17(26)18(27)10-14)16-6-4-5-7-19(16)28-2)23-31-21(22(33)25(35)32(23)3)24(34)30-15-11-29-36-12-15/h4-13,20,33H,1,3H3,(H,30,34)/t13-,20+/m0/s1. The van der Waals surface area contributed by atoms with Gasteiger partial charge in [-0.25, -0.2) is 18.6 Å². The van der Waals surface area contributed by atoms with Crippen LogP contribution in [0.25, 0.3) is 4.85 Å². The molecule has 0 aliphatic rings. The number of hydrogen-bond donors (Lipinski definition) is 2. The Bertz CT molecular complexity index is 1540. The molecule has 0 saturated carbocycles. The lowest BCUT2D eigenvalue weighted by molar-refractivity contribution is 0.101. The molecule has 0 radical (unpaired) electrons. The largest absolute Gasteiger partial charge is 0.501 e. The number of anilines is 1. The Morgan fingerprint density at radius 1 is 1.22 bits per heavy atom. The second kappa shape index (κ2) is 9.79. The van der Waals surface area contributed by atoms with Crippen molar-refractivity contribution >= 4 is 17.3 Å². The van der Waals surface area contributed by atoms with Crippen LogP contribution in [-0.2, 0) is 7.05 Å². The number of benzene rings is 2. The molecule has 0 aliphatic carbocycles. The number of para-hydroxylation sites is 1. The molecule has 4 rings (SSSR count). The highest BCUT2D eigenvalue weighted by Gasteiger charge is 2.31. The van der Waals surface area contributed by atoms with Gasteiger partial charge in [0.2, 0.25) is 5.75 Å². The maximum Gasteiger partial charge on any atom is 0.296 e. The number of halogens is 2. The van der Waals surface area contributed by atoms with Crippen molar-refractivity contribution in [3.63, 3.8) is 0 Å². The highest BCUT2D eigenvalue weighted by Crippen LogP contribution is 2.42. The van der Waals surface area contributed by atoms with Crippen molar-refractivity contribution in [3.05, 3.63) is 111 Å². The van der Waals surface area contributed by atoms with E-state index in [1.54, 1.807) is 31.2 Å². The van der Waals surface area contributed by atoms with Gasteiger partial charge < -0.3 is 14.9 Å². The van der Waals surface area contributed by atoms with Crippen LogP contribution in [0.5, 0.6) is 5.75 Å². The molecule has 2 atom stereocenters. The number of aromatic nitrogens is 3. The van der Waals surface area contributed by atoms with E-state index in [2.05, 4.69) is 24.8 Å². The SMILES string of the molecule is [C-]#[N+]c1ccccc1[C@@H](c1ccc(F)c(F)c1)[C@H](C)c1nc(C(=O)Nc2cnoc2)c(O)c(=O)n1C. The normalized spacial score (nSPS) is 12.5. The molecule has 0 unspecified atom stereocenters. The van der Waals surface area contributed by atoms with Crippen LogP contribution in [0.1, 0.15) is 46.2 Å². The summed E-state index contributed by atoms with van der Waals surface area (Å²) in [6.07, 6.45) is 2.37. The summed E-state index contributed by atoms with van der Waals surface area (Å²) < 4.78 is 33.7. The minimum Gasteiger partial charge on any atom is -0.501 e. The molecule has 9 nitrogen and oxygen atoms in total. The predicted molar refractivity (Wildman–Crippen MR) is 125 cm³/mol. The molecule has 36 heavy (non-hydrogen) atoms. The summed E-state index contributed by atoms with van der Waals surface area (Å²) >= 11 is 0. The molecule has 2 N–H and O–H groups in total. The van der Waals surface area contributed by atoms with Crippen LogP contribution in [-0.4, -0.2) is 25.7 Å². The molecule has 4 aromatic rings. The first-order valence-electron chi connectivity index (χ1n) is 10.6. The van der Waals surface area contributed by atoms with E-state index in [9.17, 15) is 23.5 Å². The molecule has 182 valence electrons. The maximum absolute atomic E-state index is 14.2. The topological polar surface area (TPSA) is 115 Å². The number of carbonyl (C=O) groups excluding carboxylic acids is 1. The predicted octanol–water partition coefficient (Wildman–Crippen LogP) is 4.49. The van der Waals surface area contributed by atoms with Crippen LogP contribution in [0.4, 0.5) is 20.2 Å². The molecule has 2 aromatic carbocycles. The van der Waals surface area contributed by atoms with Gasteiger partial charge in [-0.2, -0.15) is 0 Å². The number of hydrogen-bond acceptors (Lipinski definition) is 6. The summed E-state index contributed by atoms with van der Waals surface area (Å²) in [6.45, 7) is 9.25. The molecule has 0 bridgehead atoms. The summed E-state index contributed by atoms with van der Waals surface area (Å²) in [5.41, 5.74) is -0.150. The summed E-state index contributed by atoms with van der Waals surface area (Å²) in [6, 6.07) is 10.0. The van der Waals surface area contributed by atoms with Gasteiger partial charge in [-0.15, -0.1) is 0 Å². The third-order valence-corrected chi connectivity index (χ3v) is 5.81. The van der Waals surface area contributed by atoms with Crippen LogP contribution in [0.2, 0.25) is 0 Å². The van der Waals surface area contributed by atoms with Gasteiger partial charge in [0.1, 0.15) is 17.8 Å². The number of aromatic hydroxyl groups is 1. The van der Waals surface area contributed by atoms with Crippen molar-refractivity contribution in [2.75, 3.05) is 5.32 Å². The van der Waals surface area contributed by atoms with E-state index in [4.69, 9.17) is 6.57 Å². The van der Waals surface area contributed by atoms with E-state index in [1.807, 2.05) is 0 Å². The van der Waals surface area contributed by atoms with Crippen molar-refractivity contribution in [1.29, 1.82) is 0 Å². The highest BCUT2D eigenvalue weighted by atomic mass is 19.2. The van der Waals surface area contributed by atoms with E-state index in [1.165, 1.54) is 19.3 Å². The van der Waals surface area contributed by atoms with Crippen LogP contribution >= 0.6 is 0 Å². The molecule has 0 saturated heterocycles. The highest BCUT2D eigenvalue weighted by molar-refractivity contribution is 6.04. The second-order valence-corrected chi connectivity index (χ2v) is 8.01. The third-order valence-electron chi connectivity index (χ3n) is 5.81. The maximum atomic E-state index is 14.2. The number of amides is 1. The molecule has 11 heteroatoms. The fraction of sp³-hybridized carbons (Fsp3) is 0.160. The molecule has 2 aromatic heterocycles. The van der Waals surface area contributed by atoms with Crippen molar-refractivity contribution in [2.24, 2.45) is 7.05 Å². The molecule has 1 amide bonds. The van der Waals surface area contributed by atoms with Gasteiger partial charge in [0.25, 0.3) is 11.5 Å². The Hall–Kier alpha value is -4.85. The zero-order valence-corrected chi connectivity index (χ0v) is 19.1. The van der Waals surface area contributed by atoms with Crippen LogP contribution in [0.3, 0.4) is 0 Å². The zero-order valence-electron chi connectivity index (χ0n) is 19.1. The fourth-order valence-corrected chi connectivity index (χ4v) is 4.07. The Labute approximate surface area is 203 Å². The van der Waals surface area contributed by atoms with Crippen molar-refractivity contribution in [1.82, 2.24) is 14.7 Å². The van der Waals surface area contributed by atoms with E-state index < -0.39 is 46.4 Å². The Balaban J connectivity index is 1.89. The zero-order chi connectivity index (χ0) is 26.0. The van der Waals surface area contributed by atoms with Gasteiger partial charge in [0.05, 0.1) is 12.8 Å². The summed E-state index contributed by atoms with van der Waals surface area (Å²) in [5, 5.41) is 16.3. The number of carbonyl (C=O) groups is 1. The number of nitrogens with zero attached hydrogens (tertiary/aromatic N) is 4. The summed E-state index contributed by atoms with van der Waals surface area (Å²) in [7, 11) is 1.37. The lowest BCUT2D eigenvalue weighted by Gasteiger charge is -2.27. The summed E-state index contributed by atoms with van der Waals surface area (Å²) in [5.74, 6) is -5.29. The quantitative estimate of drug-likeness (QED) is 0.384. The van der Waals surface area contributed by atoms with Crippen LogP contribution < -0.4 is 10.9 Å². The van der Waals surface area contributed by atoms with Gasteiger partial charge in [-0.05, 0) is 23.3 Å². The smallest absolute Gasteiger partial charge is 0.296 e. The lowest BCUT2D eigenvalue weighted by atomic mass is 9.80. The Morgan fingerprint density at radius 3 is 2.64 bits per heavy atom. The molecule has 0 fully saturated rings. The minimum atomic E-state index is -1.08. The Morgan fingerprint density at radius 2 is 1.97 bits per heavy atom. The fourth-order valence-electron chi connectivity index (χ4n) is 4.07. The van der Waals surface area contributed by atoms with E-state index in [0.717, 1.165) is 23.0 Å². The molecule has 0 spiro atoms. The molecule has 0 aliphatic heterocycles. The molecular formula is C25H19F2N5O4. The number of nitrogens with one attached hydrogen (secondary N) is 1. The average Bonchev–Trinajstić information content (AvgIpc) is 3.38. The van der Waals surface area contributed by atoms with Gasteiger partial charge in [0.15, 0.2) is 23.0 Å². The monoisotopic (exact) mass is 491 g/mol. The van der Waals surface area contributed by atoms with Crippen molar-refractivity contribution < 1.29 is 23.2 Å². The minimum absolute atomic E-state index is 0.0720. The van der Waals surface area contributed by atoms with Crippen LogP contribution in [0, 0.1) is 18.2 Å². The third kappa shape index (κ3) is 4.44. The van der Waals surface area contributed by atoms with E-state index >= 15 is 0 Å². The van der Waals surface area contributed by atoms with Gasteiger partial charge in [-0.1, -0.05) is 42.4 Å². The first-order valence-corrected chi connectivity index (χ1v) is 10.6. The van der Waals surface area contributed by atoms with E-state index in [0.29, 0.717) is 11.1 Å². The van der Waals surface area contributed by atoms with E-state index in [-0.39, 0.29) is 17.2 Å². The van der Waals surface area contributed by atoms with Crippen molar-refractivity contribution in [2.45, 2.75) is 18.8 Å². The van der Waals surface area contributed by atoms with Gasteiger partial charge in [0, 0.05) is 18.9 Å². The second-order valence-electron chi connectivity index (χ2n) is 8.01. The van der Waals surface area contributed by atoms with Gasteiger partial charge in [-0.3, -0.25) is 14.2 Å². The van der Waals surface area contributed by atoms with Crippen molar-refractivity contribution in [3.8, 4) is 5.75 Å². The first kappa shape index (κ1) is 24.3. The molecular weight excluding hydrogens is 472 g/mol. The number of rotatable bonds is 6. The lowest BCUT2D eigenvalue weighted by Crippen LogP contribution is -2.29. The molecule has 2 heterocycles. The Kier molecular flexibility index (Phi) is 6.60. The average molecular weight is 491 g/mol. The van der Waals surface area contributed by atoms with Gasteiger partial charge >= 0.3 is 0 Å². The first-order chi connectivity index (χ1) is 17.2. The summed E-state index contributed by atoms with van der Waals surface area (Å²) in [4.78, 5) is 33.5. The van der Waals surface area contributed by atoms with Crippen LogP contribution in [0.15, 0.2) is 64.2 Å².